The summed E-state index contributed by atoms with van der Waals surface area (Å²) in [5.41, 5.74) is 3.75. The van der Waals surface area contributed by atoms with Gasteiger partial charge in [0, 0.05) is 25.4 Å². The molecule has 0 radical (unpaired) electrons. The number of hydrogen-bond acceptors (Lipinski definition) is 5. The summed E-state index contributed by atoms with van der Waals surface area (Å²) in [6.07, 6.45) is 0.957. The van der Waals surface area contributed by atoms with E-state index in [-0.39, 0.29) is 6.10 Å². The quantitative estimate of drug-likeness (QED) is 0.156. The van der Waals surface area contributed by atoms with E-state index in [1.54, 1.807) is 0 Å². The third-order valence-electron chi connectivity index (χ3n) is 8.40. The van der Waals surface area contributed by atoms with E-state index < -0.39 is 0 Å². The van der Waals surface area contributed by atoms with Gasteiger partial charge in [0.05, 0.1) is 32.5 Å². The number of piperidine rings is 1. The topological polar surface area (TPSA) is 43.0 Å². The van der Waals surface area contributed by atoms with E-state index in [2.05, 4.69) is 103 Å². The SMILES string of the molecule is CCN(CC)C[C@@H]1CNC[C@H](OCc2ccc3ccccc3c2)[C@H]1c1ccc(OCCCOCc2ccccc2)cc1. The lowest BCUT2D eigenvalue weighted by atomic mass is 9.78. The summed E-state index contributed by atoms with van der Waals surface area (Å²) in [5.74, 6) is 1.69. The number of nitrogens with one attached hydrogen (secondary N) is 1. The van der Waals surface area contributed by atoms with Crippen LogP contribution in [0.3, 0.4) is 0 Å². The maximum atomic E-state index is 6.70. The molecule has 5 heteroatoms. The van der Waals surface area contributed by atoms with Gasteiger partial charge in [-0.3, -0.25) is 0 Å². The first-order valence-electron chi connectivity index (χ1n) is 15.6. The zero-order valence-corrected chi connectivity index (χ0v) is 25.2. The van der Waals surface area contributed by atoms with E-state index in [1.807, 2.05) is 18.2 Å². The monoisotopic (exact) mass is 566 g/mol. The van der Waals surface area contributed by atoms with Gasteiger partial charge >= 0.3 is 0 Å². The maximum Gasteiger partial charge on any atom is 0.119 e. The highest BCUT2D eigenvalue weighted by Crippen LogP contribution is 2.34. The Morgan fingerprint density at radius 2 is 1.50 bits per heavy atom. The van der Waals surface area contributed by atoms with Crippen LogP contribution in [0.5, 0.6) is 5.75 Å². The molecule has 1 aliphatic rings. The van der Waals surface area contributed by atoms with Gasteiger partial charge in [0.15, 0.2) is 0 Å². The second kappa shape index (κ2) is 15.9. The highest BCUT2D eigenvalue weighted by atomic mass is 16.5. The van der Waals surface area contributed by atoms with Gasteiger partial charge < -0.3 is 24.4 Å². The van der Waals surface area contributed by atoms with E-state index >= 15 is 0 Å². The van der Waals surface area contributed by atoms with Crippen LogP contribution in [0.25, 0.3) is 10.8 Å². The molecule has 3 atom stereocenters. The number of benzene rings is 4. The fraction of sp³-hybridized carbons (Fsp3) is 0.405. The van der Waals surface area contributed by atoms with Crippen LogP contribution < -0.4 is 10.1 Å². The molecule has 1 N–H and O–H groups in total. The first kappa shape index (κ1) is 30.2. The molecular formula is C37H46N2O3. The minimum absolute atomic E-state index is 0.0966. The molecule has 0 aliphatic carbocycles. The van der Waals surface area contributed by atoms with Crippen molar-refractivity contribution in [1.29, 1.82) is 0 Å². The van der Waals surface area contributed by atoms with Crippen molar-refractivity contribution in [1.82, 2.24) is 10.2 Å². The van der Waals surface area contributed by atoms with Crippen LogP contribution in [0.4, 0.5) is 0 Å². The lowest BCUT2D eigenvalue weighted by Gasteiger charge is -2.41. The zero-order chi connectivity index (χ0) is 29.0. The number of ether oxygens (including phenoxy) is 3. The van der Waals surface area contributed by atoms with E-state index in [0.29, 0.717) is 38.3 Å². The highest BCUT2D eigenvalue weighted by Gasteiger charge is 2.36. The fourth-order valence-electron chi connectivity index (χ4n) is 6.04. The van der Waals surface area contributed by atoms with Gasteiger partial charge in [-0.05, 0) is 71.2 Å². The first-order valence-corrected chi connectivity index (χ1v) is 15.6. The van der Waals surface area contributed by atoms with Crippen molar-refractivity contribution in [2.24, 2.45) is 5.92 Å². The van der Waals surface area contributed by atoms with Crippen molar-refractivity contribution < 1.29 is 14.2 Å². The second-order valence-electron chi connectivity index (χ2n) is 11.3. The van der Waals surface area contributed by atoms with Crippen molar-refractivity contribution in [3.8, 4) is 5.75 Å². The lowest BCUT2D eigenvalue weighted by Crippen LogP contribution is -2.50. The molecule has 5 nitrogen and oxygen atoms in total. The summed E-state index contributed by atoms with van der Waals surface area (Å²) in [7, 11) is 0. The van der Waals surface area contributed by atoms with Gasteiger partial charge in [-0.15, -0.1) is 0 Å². The molecule has 1 fully saturated rings. The number of hydrogen-bond donors (Lipinski definition) is 1. The van der Waals surface area contributed by atoms with Crippen molar-refractivity contribution in [3.63, 3.8) is 0 Å². The molecule has 1 heterocycles. The molecule has 0 aromatic heterocycles. The Labute approximate surface area is 251 Å². The van der Waals surface area contributed by atoms with Gasteiger partial charge in [0.2, 0.25) is 0 Å². The van der Waals surface area contributed by atoms with Crippen LogP contribution >= 0.6 is 0 Å². The van der Waals surface area contributed by atoms with E-state index in [1.165, 1.54) is 27.5 Å². The van der Waals surface area contributed by atoms with Crippen molar-refractivity contribution >= 4 is 10.8 Å². The molecule has 0 spiro atoms. The number of rotatable bonds is 15. The van der Waals surface area contributed by atoms with Gasteiger partial charge in [-0.25, -0.2) is 0 Å². The summed E-state index contributed by atoms with van der Waals surface area (Å²) >= 11 is 0. The predicted octanol–water partition coefficient (Wildman–Crippen LogP) is 7.06. The third kappa shape index (κ3) is 8.42. The van der Waals surface area contributed by atoms with Gasteiger partial charge in [-0.2, -0.15) is 0 Å². The van der Waals surface area contributed by atoms with Crippen molar-refractivity contribution in [2.45, 2.75) is 45.5 Å². The Kier molecular flexibility index (Phi) is 11.4. The normalized spacial score (nSPS) is 18.9. The van der Waals surface area contributed by atoms with Crippen LogP contribution in [0.1, 0.15) is 42.9 Å². The molecular weight excluding hydrogens is 520 g/mol. The van der Waals surface area contributed by atoms with Gasteiger partial charge in [0.1, 0.15) is 5.75 Å². The number of nitrogens with zero attached hydrogens (tertiary/aromatic N) is 1. The minimum Gasteiger partial charge on any atom is -0.494 e. The molecule has 4 aromatic carbocycles. The predicted molar refractivity (Wildman–Crippen MR) is 172 cm³/mol. The van der Waals surface area contributed by atoms with E-state index in [9.17, 15) is 0 Å². The average molecular weight is 567 g/mol. The molecule has 4 aromatic rings. The third-order valence-corrected chi connectivity index (χ3v) is 8.40. The van der Waals surface area contributed by atoms with Gasteiger partial charge in [0.25, 0.3) is 0 Å². The summed E-state index contributed by atoms with van der Waals surface area (Å²) < 4.78 is 18.6. The van der Waals surface area contributed by atoms with Gasteiger partial charge in [-0.1, -0.05) is 92.7 Å². The number of fused-ring (bicyclic) bond motifs is 1. The van der Waals surface area contributed by atoms with Crippen LogP contribution in [0.15, 0.2) is 97.1 Å². The van der Waals surface area contributed by atoms with Crippen molar-refractivity contribution in [2.75, 3.05) is 45.9 Å². The Bertz CT molecular complexity index is 1340. The molecule has 1 saturated heterocycles. The Morgan fingerprint density at radius 1 is 0.738 bits per heavy atom. The fourth-order valence-corrected chi connectivity index (χ4v) is 6.04. The maximum absolute atomic E-state index is 6.70. The molecule has 5 rings (SSSR count). The Hall–Kier alpha value is -3.22. The summed E-state index contributed by atoms with van der Waals surface area (Å²) in [5, 5.41) is 6.20. The Morgan fingerprint density at radius 3 is 2.29 bits per heavy atom. The van der Waals surface area contributed by atoms with Crippen LogP contribution in [-0.2, 0) is 22.7 Å². The van der Waals surface area contributed by atoms with Crippen LogP contribution in [0, 0.1) is 5.92 Å². The largest absolute Gasteiger partial charge is 0.494 e. The van der Waals surface area contributed by atoms with Crippen LogP contribution in [-0.4, -0.2) is 56.9 Å². The molecule has 42 heavy (non-hydrogen) atoms. The summed E-state index contributed by atoms with van der Waals surface area (Å²) in [4.78, 5) is 2.53. The minimum atomic E-state index is 0.0966. The standard InChI is InChI=1S/C37H46N2O3/c1-3-39(4-2)26-34-24-38-25-36(42-28-30-15-16-31-13-8-9-14-33(31)23-30)37(34)32-17-19-35(20-18-32)41-22-10-21-40-27-29-11-6-5-7-12-29/h5-9,11-20,23,34,36-38H,3-4,10,21-22,24-28H2,1-2H3/t34-,36-,37-/m0/s1. The molecule has 1 aliphatic heterocycles. The molecule has 0 amide bonds. The Balaban J connectivity index is 1.20. The second-order valence-corrected chi connectivity index (χ2v) is 11.3. The molecule has 0 bridgehead atoms. The average Bonchev–Trinajstić information content (AvgIpc) is 3.05. The molecule has 0 saturated carbocycles. The smallest absolute Gasteiger partial charge is 0.119 e. The molecule has 222 valence electrons. The van der Waals surface area contributed by atoms with Crippen molar-refractivity contribution in [3.05, 3.63) is 114 Å². The van der Waals surface area contributed by atoms with Crippen LogP contribution in [0.2, 0.25) is 0 Å². The zero-order valence-electron chi connectivity index (χ0n) is 25.2. The lowest BCUT2D eigenvalue weighted by molar-refractivity contribution is -0.0111. The van der Waals surface area contributed by atoms with E-state index in [0.717, 1.165) is 44.9 Å². The molecule has 0 unspecified atom stereocenters. The summed E-state index contributed by atoms with van der Waals surface area (Å²) in [6, 6.07) is 34.2. The summed E-state index contributed by atoms with van der Waals surface area (Å²) in [6.45, 7) is 12.1. The highest BCUT2D eigenvalue weighted by molar-refractivity contribution is 5.82. The van der Waals surface area contributed by atoms with E-state index in [4.69, 9.17) is 14.2 Å². The first-order chi connectivity index (χ1) is 20.7.